The lowest BCUT2D eigenvalue weighted by Gasteiger charge is -2.02. The van der Waals surface area contributed by atoms with E-state index in [0.29, 0.717) is 0 Å². The van der Waals surface area contributed by atoms with Crippen LogP contribution >= 0.6 is 17.0 Å². The Morgan fingerprint density at radius 2 is 2.33 bits per heavy atom. The van der Waals surface area contributed by atoms with Gasteiger partial charge in [0.25, 0.3) is 0 Å². The van der Waals surface area contributed by atoms with Gasteiger partial charge in [-0.2, -0.15) is 0 Å². The number of nitrogens with zero attached hydrogens (tertiary/aromatic N) is 2. The standard InChI is InChI=1S/C8H14N2O.BrH/c1-2-10-6-5-9-8(10)4-3-7-11;/h5-6,11H,2-4,7H2,1H3;1H. The predicted molar refractivity (Wildman–Crippen MR) is 53.6 cm³/mol. The molecule has 0 atom stereocenters. The molecule has 1 N–H and O–H groups in total. The Balaban J connectivity index is 0.00000121. The van der Waals surface area contributed by atoms with Crippen molar-refractivity contribution in [2.45, 2.75) is 26.3 Å². The van der Waals surface area contributed by atoms with Gasteiger partial charge in [-0.15, -0.1) is 17.0 Å². The van der Waals surface area contributed by atoms with Gasteiger partial charge in [0, 0.05) is 32.0 Å². The van der Waals surface area contributed by atoms with E-state index >= 15 is 0 Å². The van der Waals surface area contributed by atoms with Gasteiger partial charge in [-0.1, -0.05) is 0 Å². The molecule has 0 saturated heterocycles. The second-order valence-corrected chi connectivity index (χ2v) is 2.46. The van der Waals surface area contributed by atoms with Gasteiger partial charge in [-0.25, -0.2) is 4.98 Å². The van der Waals surface area contributed by atoms with E-state index in [0.717, 1.165) is 25.2 Å². The molecule has 0 amide bonds. The van der Waals surface area contributed by atoms with E-state index in [4.69, 9.17) is 5.11 Å². The molecule has 0 spiro atoms. The number of halogens is 1. The molecule has 0 aliphatic carbocycles. The van der Waals surface area contributed by atoms with Crippen LogP contribution in [0.3, 0.4) is 0 Å². The van der Waals surface area contributed by atoms with E-state index < -0.39 is 0 Å². The third-order valence-electron chi connectivity index (χ3n) is 1.70. The molecular weight excluding hydrogens is 220 g/mol. The molecule has 1 rings (SSSR count). The Morgan fingerprint density at radius 1 is 1.58 bits per heavy atom. The fourth-order valence-electron chi connectivity index (χ4n) is 1.09. The summed E-state index contributed by atoms with van der Waals surface area (Å²) in [6, 6.07) is 0. The summed E-state index contributed by atoms with van der Waals surface area (Å²) in [4.78, 5) is 4.18. The Hall–Kier alpha value is -0.350. The number of rotatable bonds is 4. The molecule has 1 heterocycles. The number of hydrogen-bond donors (Lipinski definition) is 1. The zero-order valence-electron chi connectivity index (χ0n) is 7.23. The number of aliphatic hydroxyl groups is 1. The van der Waals surface area contributed by atoms with Crippen LogP contribution in [0.2, 0.25) is 0 Å². The minimum absolute atomic E-state index is 0. The highest BCUT2D eigenvalue weighted by Gasteiger charge is 1.98. The minimum atomic E-state index is 0. The maximum atomic E-state index is 8.59. The van der Waals surface area contributed by atoms with Crippen molar-refractivity contribution in [3.05, 3.63) is 18.2 Å². The molecule has 3 nitrogen and oxygen atoms in total. The Labute approximate surface area is 83.2 Å². The first-order valence-corrected chi connectivity index (χ1v) is 3.99. The zero-order valence-corrected chi connectivity index (χ0v) is 8.95. The monoisotopic (exact) mass is 234 g/mol. The van der Waals surface area contributed by atoms with Crippen molar-refractivity contribution >= 4 is 17.0 Å². The predicted octanol–water partition coefficient (Wildman–Crippen LogP) is 1.41. The van der Waals surface area contributed by atoms with Crippen LogP contribution in [0.1, 0.15) is 19.2 Å². The number of imidazole rings is 1. The topological polar surface area (TPSA) is 38.0 Å². The van der Waals surface area contributed by atoms with Crippen molar-refractivity contribution < 1.29 is 5.11 Å². The van der Waals surface area contributed by atoms with Crippen molar-refractivity contribution in [3.8, 4) is 0 Å². The van der Waals surface area contributed by atoms with Crippen LogP contribution in [0.25, 0.3) is 0 Å². The van der Waals surface area contributed by atoms with Gasteiger partial charge in [0.15, 0.2) is 0 Å². The van der Waals surface area contributed by atoms with Crippen molar-refractivity contribution in [1.82, 2.24) is 9.55 Å². The first-order chi connectivity index (χ1) is 5.38. The van der Waals surface area contributed by atoms with Crippen LogP contribution < -0.4 is 0 Å². The quantitative estimate of drug-likeness (QED) is 0.856. The first-order valence-electron chi connectivity index (χ1n) is 3.99. The Kier molecular flexibility index (Phi) is 6.02. The van der Waals surface area contributed by atoms with Gasteiger partial charge in [-0.05, 0) is 13.3 Å². The van der Waals surface area contributed by atoms with Gasteiger partial charge in [0.05, 0.1) is 0 Å². The zero-order chi connectivity index (χ0) is 8.10. The third-order valence-corrected chi connectivity index (χ3v) is 1.70. The second-order valence-electron chi connectivity index (χ2n) is 2.46. The second kappa shape index (κ2) is 6.20. The number of aromatic nitrogens is 2. The lowest BCUT2D eigenvalue weighted by atomic mass is 10.3. The summed E-state index contributed by atoms with van der Waals surface area (Å²) < 4.78 is 2.09. The van der Waals surface area contributed by atoms with Crippen molar-refractivity contribution in [3.63, 3.8) is 0 Å². The average molecular weight is 235 g/mol. The summed E-state index contributed by atoms with van der Waals surface area (Å²) in [7, 11) is 0. The molecule has 0 fully saturated rings. The summed E-state index contributed by atoms with van der Waals surface area (Å²) in [6.45, 7) is 3.29. The van der Waals surface area contributed by atoms with E-state index in [-0.39, 0.29) is 23.6 Å². The number of aliphatic hydroxyl groups excluding tert-OH is 1. The van der Waals surface area contributed by atoms with E-state index in [1.165, 1.54) is 0 Å². The van der Waals surface area contributed by atoms with E-state index in [1.54, 1.807) is 6.20 Å². The highest BCUT2D eigenvalue weighted by atomic mass is 79.9. The lowest BCUT2D eigenvalue weighted by molar-refractivity contribution is 0.287. The molecule has 0 aliphatic rings. The van der Waals surface area contributed by atoms with Gasteiger partial charge in [0.1, 0.15) is 5.82 Å². The molecular formula is C8H15BrN2O. The molecule has 0 bridgehead atoms. The average Bonchev–Trinajstić information content (AvgIpc) is 2.47. The fourth-order valence-corrected chi connectivity index (χ4v) is 1.09. The van der Waals surface area contributed by atoms with Gasteiger partial charge in [0.2, 0.25) is 0 Å². The molecule has 1 aromatic rings. The summed E-state index contributed by atoms with van der Waals surface area (Å²) in [6.07, 6.45) is 5.44. The van der Waals surface area contributed by atoms with Crippen molar-refractivity contribution in [2.24, 2.45) is 0 Å². The smallest absolute Gasteiger partial charge is 0.108 e. The Bertz CT molecular complexity index is 213. The SMILES string of the molecule is Br.CCn1ccnc1CCCO. The normalized spacial score (nSPS) is 9.50. The Morgan fingerprint density at radius 3 is 2.92 bits per heavy atom. The lowest BCUT2D eigenvalue weighted by Crippen LogP contribution is -2.01. The molecule has 70 valence electrons. The van der Waals surface area contributed by atoms with Crippen molar-refractivity contribution in [1.29, 1.82) is 0 Å². The maximum absolute atomic E-state index is 8.59. The third kappa shape index (κ3) is 2.95. The van der Waals surface area contributed by atoms with Crippen LogP contribution in [-0.2, 0) is 13.0 Å². The number of hydrogen-bond acceptors (Lipinski definition) is 2. The van der Waals surface area contributed by atoms with Gasteiger partial charge < -0.3 is 9.67 Å². The van der Waals surface area contributed by atoms with Gasteiger partial charge >= 0.3 is 0 Å². The van der Waals surface area contributed by atoms with Crippen LogP contribution in [0, 0.1) is 0 Å². The molecule has 0 aromatic carbocycles. The highest BCUT2D eigenvalue weighted by Crippen LogP contribution is 2.00. The van der Waals surface area contributed by atoms with E-state index in [2.05, 4.69) is 16.5 Å². The van der Waals surface area contributed by atoms with Crippen LogP contribution in [0.4, 0.5) is 0 Å². The molecule has 0 saturated carbocycles. The molecule has 12 heavy (non-hydrogen) atoms. The van der Waals surface area contributed by atoms with E-state index in [1.807, 2.05) is 6.20 Å². The summed E-state index contributed by atoms with van der Waals surface area (Å²) >= 11 is 0. The summed E-state index contributed by atoms with van der Waals surface area (Å²) in [5.41, 5.74) is 0. The minimum Gasteiger partial charge on any atom is -0.396 e. The summed E-state index contributed by atoms with van der Waals surface area (Å²) in [5.74, 6) is 1.07. The summed E-state index contributed by atoms with van der Waals surface area (Å²) in [5, 5.41) is 8.59. The van der Waals surface area contributed by atoms with Gasteiger partial charge in [-0.3, -0.25) is 0 Å². The molecule has 0 unspecified atom stereocenters. The molecule has 0 radical (unpaired) electrons. The fraction of sp³-hybridized carbons (Fsp3) is 0.625. The maximum Gasteiger partial charge on any atom is 0.108 e. The molecule has 0 aliphatic heterocycles. The van der Waals surface area contributed by atoms with Crippen LogP contribution in [0.15, 0.2) is 12.4 Å². The largest absolute Gasteiger partial charge is 0.396 e. The first kappa shape index (κ1) is 11.6. The highest BCUT2D eigenvalue weighted by molar-refractivity contribution is 8.93. The van der Waals surface area contributed by atoms with Crippen LogP contribution in [0.5, 0.6) is 0 Å². The molecule has 4 heteroatoms. The van der Waals surface area contributed by atoms with Crippen molar-refractivity contribution in [2.75, 3.05) is 6.61 Å². The molecule has 1 aromatic heterocycles. The van der Waals surface area contributed by atoms with Crippen LogP contribution in [-0.4, -0.2) is 21.3 Å². The number of aryl methyl sites for hydroxylation is 2. The van der Waals surface area contributed by atoms with E-state index in [9.17, 15) is 0 Å².